The second-order valence-corrected chi connectivity index (χ2v) is 3.59. The van der Waals surface area contributed by atoms with Crippen LogP contribution in [-0.2, 0) is 6.54 Å². The zero-order chi connectivity index (χ0) is 11.5. The van der Waals surface area contributed by atoms with E-state index >= 15 is 0 Å². The lowest BCUT2D eigenvalue weighted by atomic mass is 10.2. The first kappa shape index (κ1) is 10.7. The fourth-order valence-corrected chi connectivity index (χ4v) is 1.54. The van der Waals surface area contributed by atoms with Crippen LogP contribution in [0, 0.1) is 11.3 Å². The van der Waals surface area contributed by atoms with Crippen molar-refractivity contribution < 1.29 is 0 Å². The summed E-state index contributed by atoms with van der Waals surface area (Å²) in [6.07, 6.45) is 3.62. The second-order valence-electron chi connectivity index (χ2n) is 3.23. The Hall–Kier alpha value is -1.86. The van der Waals surface area contributed by atoms with Crippen LogP contribution >= 0.6 is 11.6 Å². The minimum atomic E-state index is 0.226. The summed E-state index contributed by atoms with van der Waals surface area (Å²) in [6.45, 7) is 2.82. The molecule has 0 fully saturated rings. The van der Waals surface area contributed by atoms with E-state index in [0.29, 0.717) is 5.56 Å². The van der Waals surface area contributed by atoms with Crippen molar-refractivity contribution in [3.8, 4) is 17.3 Å². The van der Waals surface area contributed by atoms with Gasteiger partial charge in [0.2, 0.25) is 0 Å². The Morgan fingerprint density at radius 2 is 2.31 bits per heavy atom. The van der Waals surface area contributed by atoms with Gasteiger partial charge in [-0.15, -0.1) is 0 Å². The fraction of sp³-hybridized carbons (Fsp3) is 0.182. The molecule has 0 atom stereocenters. The molecule has 0 amide bonds. The van der Waals surface area contributed by atoms with Gasteiger partial charge in [-0.25, -0.2) is 4.98 Å². The van der Waals surface area contributed by atoms with Gasteiger partial charge in [-0.1, -0.05) is 11.6 Å². The van der Waals surface area contributed by atoms with Gasteiger partial charge in [-0.2, -0.15) is 10.4 Å². The van der Waals surface area contributed by atoms with Gasteiger partial charge in [0, 0.05) is 18.3 Å². The van der Waals surface area contributed by atoms with Gasteiger partial charge in [0.05, 0.1) is 17.5 Å². The molecule has 0 aliphatic heterocycles. The van der Waals surface area contributed by atoms with Crippen molar-refractivity contribution >= 4 is 11.6 Å². The molecule has 0 saturated heterocycles. The molecule has 80 valence electrons. The van der Waals surface area contributed by atoms with Gasteiger partial charge >= 0.3 is 0 Å². The highest BCUT2D eigenvalue weighted by atomic mass is 35.5. The van der Waals surface area contributed by atoms with Gasteiger partial charge in [-0.05, 0) is 19.1 Å². The third-order valence-corrected chi connectivity index (χ3v) is 2.51. The van der Waals surface area contributed by atoms with Crippen LogP contribution in [0.5, 0.6) is 0 Å². The maximum atomic E-state index is 8.73. The van der Waals surface area contributed by atoms with Crippen molar-refractivity contribution in [3.63, 3.8) is 0 Å². The molecule has 2 rings (SSSR count). The van der Waals surface area contributed by atoms with Crippen molar-refractivity contribution in [2.45, 2.75) is 13.5 Å². The minimum absolute atomic E-state index is 0.226. The van der Waals surface area contributed by atoms with E-state index in [1.807, 2.05) is 23.9 Å². The highest BCUT2D eigenvalue weighted by Gasteiger charge is 2.06. The van der Waals surface area contributed by atoms with Crippen LogP contribution in [0.2, 0.25) is 5.15 Å². The molecule has 0 aliphatic carbocycles. The van der Waals surface area contributed by atoms with E-state index in [-0.39, 0.29) is 5.15 Å². The summed E-state index contributed by atoms with van der Waals surface area (Å²) in [5.41, 5.74) is 2.00. The quantitative estimate of drug-likeness (QED) is 0.748. The number of nitriles is 1. The first-order chi connectivity index (χ1) is 7.74. The summed E-state index contributed by atoms with van der Waals surface area (Å²) in [6, 6.07) is 5.40. The SMILES string of the molecule is CCn1cc(-c2ccc(C#N)c(Cl)n2)cn1. The molecule has 16 heavy (non-hydrogen) atoms. The van der Waals surface area contributed by atoms with Gasteiger partial charge in [0.1, 0.15) is 11.2 Å². The monoisotopic (exact) mass is 232 g/mol. The molecule has 0 radical (unpaired) electrons. The standard InChI is InChI=1S/C11H9ClN4/c1-2-16-7-9(6-14-16)10-4-3-8(5-13)11(12)15-10/h3-4,6-7H,2H2,1H3. The number of pyridine rings is 1. The summed E-state index contributed by atoms with van der Waals surface area (Å²) in [5, 5.41) is 13.1. The lowest BCUT2D eigenvalue weighted by Crippen LogP contribution is -1.92. The highest BCUT2D eigenvalue weighted by Crippen LogP contribution is 2.20. The maximum Gasteiger partial charge on any atom is 0.147 e. The zero-order valence-electron chi connectivity index (χ0n) is 8.68. The number of aromatic nitrogens is 3. The molecule has 0 saturated carbocycles. The minimum Gasteiger partial charge on any atom is -0.272 e. The lowest BCUT2D eigenvalue weighted by Gasteiger charge is -1.98. The first-order valence-corrected chi connectivity index (χ1v) is 5.22. The Balaban J connectivity index is 2.42. The molecule has 0 aliphatic rings. The molecule has 0 aromatic carbocycles. The van der Waals surface area contributed by atoms with Crippen LogP contribution in [-0.4, -0.2) is 14.8 Å². The molecule has 0 N–H and O–H groups in total. The molecular weight excluding hydrogens is 224 g/mol. The lowest BCUT2D eigenvalue weighted by molar-refractivity contribution is 0.660. The Labute approximate surface area is 98.1 Å². The third-order valence-electron chi connectivity index (χ3n) is 2.22. The number of aryl methyl sites for hydroxylation is 1. The Bertz CT molecular complexity index is 553. The summed E-state index contributed by atoms with van der Waals surface area (Å²) in [7, 11) is 0. The first-order valence-electron chi connectivity index (χ1n) is 4.84. The van der Waals surface area contributed by atoms with Crippen LogP contribution in [0.1, 0.15) is 12.5 Å². The number of hydrogen-bond donors (Lipinski definition) is 0. The maximum absolute atomic E-state index is 8.73. The predicted molar refractivity (Wildman–Crippen MR) is 60.9 cm³/mol. The van der Waals surface area contributed by atoms with Crippen LogP contribution < -0.4 is 0 Å². The van der Waals surface area contributed by atoms with Gasteiger partial charge in [0.15, 0.2) is 0 Å². The summed E-state index contributed by atoms with van der Waals surface area (Å²) in [5.74, 6) is 0. The number of halogens is 1. The third kappa shape index (κ3) is 1.90. The average molecular weight is 233 g/mol. The number of hydrogen-bond acceptors (Lipinski definition) is 3. The largest absolute Gasteiger partial charge is 0.272 e. The Kier molecular flexibility index (Phi) is 2.88. The van der Waals surface area contributed by atoms with Crippen molar-refractivity contribution in [2.24, 2.45) is 0 Å². The zero-order valence-corrected chi connectivity index (χ0v) is 9.44. The van der Waals surface area contributed by atoms with Crippen molar-refractivity contribution in [3.05, 3.63) is 35.2 Å². The van der Waals surface area contributed by atoms with Crippen LogP contribution in [0.25, 0.3) is 11.3 Å². The van der Waals surface area contributed by atoms with Crippen molar-refractivity contribution in [1.29, 1.82) is 5.26 Å². The molecule has 2 aromatic rings. The molecule has 2 heterocycles. The van der Waals surface area contributed by atoms with Gasteiger partial charge < -0.3 is 0 Å². The molecule has 5 heteroatoms. The van der Waals surface area contributed by atoms with Crippen LogP contribution in [0.15, 0.2) is 24.5 Å². The highest BCUT2D eigenvalue weighted by molar-refractivity contribution is 6.30. The molecule has 2 aromatic heterocycles. The Morgan fingerprint density at radius 1 is 1.50 bits per heavy atom. The molecule has 4 nitrogen and oxygen atoms in total. The van der Waals surface area contributed by atoms with Gasteiger partial charge in [0.25, 0.3) is 0 Å². The van der Waals surface area contributed by atoms with E-state index in [9.17, 15) is 0 Å². The number of nitrogens with zero attached hydrogens (tertiary/aromatic N) is 4. The van der Waals surface area contributed by atoms with E-state index in [0.717, 1.165) is 17.8 Å². The van der Waals surface area contributed by atoms with Crippen molar-refractivity contribution in [2.75, 3.05) is 0 Å². The summed E-state index contributed by atoms with van der Waals surface area (Å²) in [4.78, 5) is 4.15. The van der Waals surface area contributed by atoms with Crippen LogP contribution in [0.4, 0.5) is 0 Å². The second kappa shape index (κ2) is 4.33. The molecule has 0 spiro atoms. The predicted octanol–water partition coefficient (Wildman–Crippen LogP) is 2.49. The van der Waals surface area contributed by atoms with Gasteiger partial charge in [-0.3, -0.25) is 4.68 Å². The average Bonchev–Trinajstić information content (AvgIpc) is 2.77. The fourth-order valence-electron chi connectivity index (χ4n) is 1.35. The summed E-state index contributed by atoms with van der Waals surface area (Å²) >= 11 is 5.86. The van der Waals surface area contributed by atoms with E-state index in [1.54, 1.807) is 18.3 Å². The molecular formula is C11H9ClN4. The Morgan fingerprint density at radius 3 is 2.88 bits per heavy atom. The normalized spacial score (nSPS) is 10.1. The number of rotatable bonds is 2. The molecule has 0 bridgehead atoms. The van der Waals surface area contributed by atoms with E-state index in [1.165, 1.54) is 0 Å². The van der Waals surface area contributed by atoms with Crippen LogP contribution in [0.3, 0.4) is 0 Å². The molecule has 0 unspecified atom stereocenters. The van der Waals surface area contributed by atoms with E-state index < -0.39 is 0 Å². The smallest absolute Gasteiger partial charge is 0.147 e. The summed E-state index contributed by atoms with van der Waals surface area (Å²) < 4.78 is 1.81. The van der Waals surface area contributed by atoms with E-state index in [2.05, 4.69) is 10.1 Å². The topological polar surface area (TPSA) is 54.5 Å². The van der Waals surface area contributed by atoms with Crippen molar-refractivity contribution in [1.82, 2.24) is 14.8 Å². The van der Waals surface area contributed by atoms with E-state index in [4.69, 9.17) is 16.9 Å².